The fourth-order valence-corrected chi connectivity index (χ4v) is 2.86. The molecule has 0 bridgehead atoms. The van der Waals surface area contributed by atoms with Crippen LogP contribution in [0.5, 0.6) is 0 Å². The Kier molecular flexibility index (Phi) is 3.32. The maximum atomic E-state index is 4.11. The number of aromatic nitrogens is 4. The van der Waals surface area contributed by atoms with Crippen LogP contribution in [0.15, 0.2) is 24.3 Å². The van der Waals surface area contributed by atoms with Crippen LogP contribution in [-0.2, 0) is 11.5 Å². The highest BCUT2D eigenvalue weighted by atomic mass is 32.2. The summed E-state index contributed by atoms with van der Waals surface area (Å²) in [5.74, 6) is 2.91. The quantitative estimate of drug-likeness (QED) is 0.829. The first-order valence-electron chi connectivity index (χ1n) is 6.23. The van der Waals surface area contributed by atoms with Gasteiger partial charge in [-0.3, -0.25) is 0 Å². The second-order valence-corrected chi connectivity index (χ2v) is 5.74. The van der Waals surface area contributed by atoms with E-state index >= 15 is 0 Å². The molecule has 1 aromatic carbocycles. The molecule has 1 aliphatic carbocycles. The number of rotatable bonds is 5. The van der Waals surface area contributed by atoms with E-state index < -0.39 is 0 Å². The first kappa shape index (κ1) is 11.7. The molecule has 0 amide bonds. The van der Waals surface area contributed by atoms with Gasteiger partial charge in [0.05, 0.1) is 11.8 Å². The topological polar surface area (TPSA) is 43.6 Å². The van der Waals surface area contributed by atoms with Crippen LogP contribution < -0.4 is 0 Å². The Morgan fingerprint density at radius 1 is 1.33 bits per heavy atom. The van der Waals surface area contributed by atoms with E-state index in [2.05, 4.69) is 46.7 Å². The molecule has 5 heteroatoms. The highest BCUT2D eigenvalue weighted by Crippen LogP contribution is 2.35. The maximum Gasteiger partial charge on any atom is 0.161 e. The third kappa shape index (κ3) is 2.72. The number of tetrazole rings is 1. The molecule has 1 aliphatic rings. The van der Waals surface area contributed by atoms with E-state index in [9.17, 15) is 0 Å². The van der Waals surface area contributed by atoms with Crippen molar-refractivity contribution in [3.8, 4) is 0 Å². The average Bonchev–Trinajstić information content (AvgIpc) is 3.10. The summed E-state index contributed by atoms with van der Waals surface area (Å²) in [5, 5.41) is 11.9. The Morgan fingerprint density at radius 3 is 3.00 bits per heavy atom. The van der Waals surface area contributed by atoms with Crippen LogP contribution in [0.25, 0.3) is 0 Å². The van der Waals surface area contributed by atoms with E-state index in [-0.39, 0.29) is 0 Å². The van der Waals surface area contributed by atoms with Gasteiger partial charge in [-0.15, -0.1) is 16.9 Å². The molecule has 0 atom stereocenters. The molecule has 0 spiro atoms. The van der Waals surface area contributed by atoms with Gasteiger partial charge in [-0.05, 0) is 35.8 Å². The van der Waals surface area contributed by atoms with Crippen molar-refractivity contribution in [1.82, 2.24) is 20.2 Å². The molecule has 1 saturated carbocycles. The molecule has 0 aliphatic heterocycles. The molecule has 18 heavy (non-hydrogen) atoms. The Bertz CT molecular complexity index is 533. The minimum Gasteiger partial charge on any atom is -0.226 e. The van der Waals surface area contributed by atoms with Gasteiger partial charge >= 0.3 is 0 Å². The lowest BCUT2D eigenvalue weighted by molar-refractivity contribution is 0.593. The van der Waals surface area contributed by atoms with E-state index in [1.54, 1.807) is 0 Å². The predicted molar refractivity (Wildman–Crippen MR) is 72.3 cm³/mol. The minimum atomic E-state index is 0.564. The third-order valence-electron chi connectivity index (χ3n) is 3.04. The van der Waals surface area contributed by atoms with E-state index in [1.165, 1.54) is 24.0 Å². The van der Waals surface area contributed by atoms with Gasteiger partial charge in [0.25, 0.3) is 0 Å². The number of thioether (sulfide) groups is 1. The minimum absolute atomic E-state index is 0.564. The van der Waals surface area contributed by atoms with Crippen molar-refractivity contribution in [2.24, 2.45) is 0 Å². The number of hydrogen-bond donors (Lipinski definition) is 0. The molecular formula is C13H16N4S. The zero-order chi connectivity index (χ0) is 12.4. The highest BCUT2D eigenvalue weighted by Gasteiger charge is 2.27. The summed E-state index contributed by atoms with van der Waals surface area (Å²) < 4.78 is 1.99. The van der Waals surface area contributed by atoms with Gasteiger partial charge in [0.1, 0.15) is 0 Å². The monoisotopic (exact) mass is 260 g/mol. The summed E-state index contributed by atoms with van der Waals surface area (Å²) in [7, 11) is 0. The summed E-state index contributed by atoms with van der Waals surface area (Å²) >= 11 is 1.87. The van der Waals surface area contributed by atoms with Gasteiger partial charge in [0.15, 0.2) is 5.82 Å². The van der Waals surface area contributed by atoms with E-state index in [0.717, 1.165) is 17.3 Å². The van der Waals surface area contributed by atoms with Crippen LogP contribution in [0, 0.1) is 6.92 Å². The van der Waals surface area contributed by atoms with Crippen molar-refractivity contribution >= 4 is 11.8 Å². The van der Waals surface area contributed by atoms with E-state index in [4.69, 9.17) is 0 Å². The molecule has 0 saturated heterocycles. The summed E-state index contributed by atoms with van der Waals surface area (Å²) in [5.41, 5.74) is 2.68. The molecule has 2 aromatic rings. The van der Waals surface area contributed by atoms with Crippen molar-refractivity contribution in [2.45, 2.75) is 37.3 Å². The van der Waals surface area contributed by atoms with Gasteiger partial charge < -0.3 is 0 Å². The fourth-order valence-electron chi connectivity index (χ4n) is 1.97. The number of nitrogens with zero attached hydrogens (tertiary/aromatic N) is 4. The van der Waals surface area contributed by atoms with Gasteiger partial charge in [-0.1, -0.05) is 29.8 Å². The molecule has 1 aromatic heterocycles. The van der Waals surface area contributed by atoms with Crippen molar-refractivity contribution in [3.63, 3.8) is 0 Å². The first-order valence-corrected chi connectivity index (χ1v) is 7.38. The number of benzene rings is 1. The van der Waals surface area contributed by atoms with Gasteiger partial charge in [0, 0.05) is 5.75 Å². The molecule has 4 nitrogen and oxygen atoms in total. The van der Waals surface area contributed by atoms with Crippen LogP contribution in [0.4, 0.5) is 0 Å². The molecule has 3 rings (SSSR count). The van der Waals surface area contributed by atoms with Crippen LogP contribution in [0.3, 0.4) is 0 Å². The fraction of sp³-hybridized carbons (Fsp3) is 0.462. The van der Waals surface area contributed by atoms with Gasteiger partial charge in [-0.25, -0.2) is 4.68 Å². The zero-order valence-electron chi connectivity index (χ0n) is 10.4. The van der Waals surface area contributed by atoms with Gasteiger partial charge in [-0.2, -0.15) is 0 Å². The smallest absolute Gasteiger partial charge is 0.161 e. The van der Waals surface area contributed by atoms with Gasteiger partial charge in [0.2, 0.25) is 0 Å². The van der Waals surface area contributed by atoms with Crippen molar-refractivity contribution in [1.29, 1.82) is 0 Å². The molecule has 0 unspecified atom stereocenters. The molecule has 1 heterocycles. The van der Waals surface area contributed by atoms with Crippen molar-refractivity contribution in [2.75, 3.05) is 0 Å². The van der Waals surface area contributed by atoms with Crippen LogP contribution >= 0.6 is 11.8 Å². The van der Waals surface area contributed by atoms with E-state index in [1.807, 2.05) is 16.4 Å². The molecular weight excluding hydrogens is 244 g/mol. The summed E-state index contributed by atoms with van der Waals surface area (Å²) in [6.07, 6.45) is 2.45. The highest BCUT2D eigenvalue weighted by molar-refractivity contribution is 7.97. The van der Waals surface area contributed by atoms with Crippen molar-refractivity contribution in [3.05, 3.63) is 41.2 Å². The lowest BCUT2D eigenvalue weighted by atomic mass is 10.2. The molecule has 1 fully saturated rings. The zero-order valence-corrected chi connectivity index (χ0v) is 11.2. The van der Waals surface area contributed by atoms with E-state index in [0.29, 0.717) is 6.04 Å². The second-order valence-electron chi connectivity index (χ2n) is 4.75. The Labute approximate surface area is 111 Å². The lowest BCUT2D eigenvalue weighted by Crippen LogP contribution is -2.02. The lowest BCUT2D eigenvalue weighted by Gasteiger charge is -2.03. The average molecular weight is 260 g/mol. The molecule has 0 radical (unpaired) electrons. The third-order valence-corrected chi connectivity index (χ3v) is 4.04. The number of aryl methyl sites for hydroxylation is 1. The summed E-state index contributed by atoms with van der Waals surface area (Å²) in [6.45, 7) is 2.13. The van der Waals surface area contributed by atoms with Crippen LogP contribution in [0.1, 0.15) is 35.8 Å². The van der Waals surface area contributed by atoms with Crippen LogP contribution in [0.2, 0.25) is 0 Å². The van der Waals surface area contributed by atoms with Crippen molar-refractivity contribution < 1.29 is 0 Å². The summed E-state index contributed by atoms with van der Waals surface area (Å²) in [4.78, 5) is 0. The summed E-state index contributed by atoms with van der Waals surface area (Å²) in [6, 6.07) is 9.21. The predicted octanol–water partition coefficient (Wildman–Crippen LogP) is 2.75. The largest absolute Gasteiger partial charge is 0.226 e. The molecule has 94 valence electrons. The first-order chi connectivity index (χ1) is 8.83. The number of hydrogen-bond acceptors (Lipinski definition) is 4. The SMILES string of the molecule is Cc1cccc(CSCc2nnnn2C2CC2)c1. The Balaban J connectivity index is 1.56. The standard InChI is InChI=1S/C13H16N4S/c1-10-3-2-4-11(7-10)8-18-9-13-14-15-16-17(13)12-5-6-12/h2-4,7,12H,5-6,8-9H2,1H3. The second kappa shape index (κ2) is 5.10. The normalized spacial score (nSPS) is 14.9. The Morgan fingerprint density at radius 2 is 2.22 bits per heavy atom. The van der Waals surface area contributed by atoms with Crippen LogP contribution in [-0.4, -0.2) is 20.2 Å². The maximum absolute atomic E-state index is 4.11. The molecule has 0 N–H and O–H groups in total. The Hall–Kier alpha value is -1.36.